The summed E-state index contributed by atoms with van der Waals surface area (Å²) in [6.07, 6.45) is 10.4. The van der Waals surface area contributed by atoms with Crippen LogP contribution in [0.3, 0.4) is 0 Å². The van der Waals surface area contributed by atoms with Gasteiger partial charge in [0.15, 0.2) is 0 Å². The van der Waals surface area contributed by atoms with E-state index in [1.807, 2.05) is 18.7 Å². The van der Waals surface area contributed by atoms with Crippen LogP contribution >= 0.6 is 0 Å². The van der Waals surface area contributed by atoms with E-state index in [-0.39, 0.29) is 0 Å². The third-order valence-corrected chi connectivity index (χ3v) is 4.23. The van der Waals surface area contributed by atoms with Crippen LogP contribution in [0.25, 0.3) is 0 Å². The zero-order valence-electron chi connectivity index (χ0n) is 12.6. The number of hydrogen-bond acceptors (Lipinski definition) is 3. The average molecular weight is 285 g/mol. The molecule has 112 valence electrons. The van der Waals surface area contributed by atoms with E-state index in [4.69, 9.17) is 4.74 Å². The molecule has 21 heavy (non-hydrogen) atoms. The predicted octanol–water partition coefficient (Wildman–Crippen LogP) is 2.43. The minimum Gasteiger partial charge on any atom is -0.497 e. The van der Waals surface area contributed by atoms with Gasteiger partial charge in [0.1, 0.15) is 5.75 Å². The Morgan fingerprint density at radius 1 is 1.38 bits per heavy atom. The highest BCUT2D eigenvalue weighted by Crippen LogP contribution is 2.25. The van der Waals surface area contributed by atoms with Crippen molar-refractivity contribution in [3.05, 3.63) is 48.0 Å². The van der Waals surface area contributed by atoms with E-state index in [1.165, 1.54) is 24.0 Å². The van der Waals surface area contributed by atoms with E-state index < -0.39 is 0 Å². The molecule has 1 N–H and O–H groups in total. The smallest absolute Gasteiger partial charge is 0.119 e. The Kier molecular flexibility index (Phi) is 4.55. The molecule has 3 rings (SSSR count). The predicted molar refractivity (Wildman–Crippen MR) is 83.7 cm³/mol. The van der Waals surface area contributed by atoms with Gasteiger partial charge in [-0.1, -0.05) is 6.07 Å². The third-order valence-electron chi connectivity index (χ3n) is 4.23. The average Bonchev–Trinajstić information content (AvgIpc) is 3.04. The maximum absolute atomic E-state index is 5.33. The first-order valence-corrected chi connectivity index (χ1v) is 7.70. The summed E-state index contributed by atoms with van der Waals surface area (Å²) in [5, 5.41) is 3.69. The van der Waals surface area contributed by atoms with Crippen LogP contribution in [0.5, 0.6) is 5.75 Å². The lowest BCUT2D eigenvalue weighted by molar-refractivity contribution is 0.410. The quantitative estimate of drug-likeness (QED) is 0.829. The van der Waals surface area contributed by atoms with Gasteiger partial charge in [0.25, 0.3) is 0 Å². The minimum atomic E-state index is 0.590. The lowest BCUT2D eigenvalue weighted by Gasteiger charge is -2.26. The van der Waals surface area contributed by atoms with Crippen LogP contribution in [0.15, 0.2) is 36.9 Å². The summed E-state index contributed by atoms with van der Waals surface area (Å²) >= 11 is 0. The van der Waals surface area contributed by atoms with Crippen LogP contribution in [0.2, 0.25) is 0 Å². The van der Waals surface area contributed by atoms with E-state index in [0.717, 1.165) is 31.7 Å². The second-order valence-electron chi connectivity index (χ2n) is 5.68. The topological polar surface area (TPSA) is 39.1 Å². The van der Waals surface area contributed by atoms with Crippen molar-refractivity contribution in [2.75, 3.05) is 13.7 Å². The number of rotatable bonds is 6. The first-order valence-electron chi connectivity index (χ1n) is 7.70. The molecule has 1 aromatic carbocycles. The number of fused-ring (bicyclic) bond motifs is 1. The van der Waals surface area contributed by atoms with Crippen LogP contribution in [-0.2, 0) is 19.4 Å². The molecule has 0 bridgehead atoms. The Balaban J connectivity index is 1.47. The largest absolute Gasteiger partial charge is 0.497 e. The summed E-state index contributed by atoms with van der Waals surface area (Å²) in [5.41, 5.74) is 2.92. The Bertz CT molecular complexity index is 565. The molecule has 1 aromatic heterocycles. The van der Waals surface area contributed by atoms with Gasteiger partial charge in [-0.05, 0) is 55.5 Å². The molecule has 1 unspecified atom stereocenters. The molecule has 1 atom stereocenters. The van der Waals surface area contributed by atoms with Crippen molar-refractivity contribution < 1.29 is 4.74 Å². The molecule has 0 spiro atoms. The van der Waals surface area contributed by atoms with E-state index >= 15 is 0 Å². The van der Waals surface area contributed by atoms with E-state index in [2.05, 4.69) is 33.1 Å². The van der Waals surface area contributed by atoms with Crippen molar-refractivity contribution >= 4 is 0 Å². The summed E-state index contributed by atoms with van der Waals surface area (Å²) in [4.78, 5) is 4.06. The molecule has 0 amide bonds. The van der Waals surface area contributed by atoms with Gasteiger partial charge in [-0.2, -0.15) is 0 Å². The van der Waals surface area contributed by atoms with E-state index in [9.17, 15) is 0 Å². The van der Waals surface area contributed by atoms with Crippen LogP contribution in [0.4, 0.5) is 0 Å². The number of nitrogens with zero attached hydrogens (tertiary/aromatic N) is 2. The second-order valence-corrected chi connectivity index (χ2v) is 5.68. The molecule has 0 fully saturated rings. The zero-order chi connectivity index (χ0) is 14.5. The number of imidazole rings is 1. The maximum atomic E-state index is 5.33. The molecular weight excluding hydrogens is 262 g/mol. The van der Waals surface area contributed by atoms with Gasteiger partial charge in [-0.15, -0.1) is 0 Å². The van der Waals surface area contributed by atoms with Gasteiger partial charge in [-0.25, -0.2) is 4.98 Å². The molecule has 0 saturated heterocycles. The molecular formula is C17H23N3O. The highest BCUT2D eigenvalue weighted by Gasteiger charge is 2.18. The summed E-state index contributed by atoms with van der Waals surface area (Å²) in [7, 11) is 1.73. The van der Waals surface area contributed by atoms with Crippen molar-refractivity contribution in [3.8, 4) is 5.75 Å². The third kappa shape index (κ3) is 3.64. The lowest BCUT2D eigenvalue weighted by Crippen LogP contribution is -2.35. The Labute approximate surface area is 126 Å². The standard InChI is InChI=1S/C17H23N3O/c1-21-17-6-4-14-3-5-16(11-15(14)12-17)19-7-2-9-20-10-8-18-13-20/h4,6,8,10,12-13,16,19H,2-3,5,7,9,11H2,1H3. The van der Waals surface area contributed by atoms with Gasteiger partial charge in [0.05, 0.1) is 13.4 Å². The molecule has 4 heteroatoms. The fourth-order valence-corrected chi connectivity index (χ4v) is 3.02. The molecule has 2 aromatic rings. The molecule has 0 aliphatic heterocycles. The first kappa shape index (κ1) is 14.1. The van der Waals surface area contributed by atoms with E-state index in [1.54, 1.807) is 7.11 Å². The van der Waals surface area contributed by atoms with Gasteiger partial charge in [0.2, 0.25) is 0 Å². The van der Waals surface area contributed by atoms with Crippen molar-refractivity contribution in [3.63, 3.8) is 0 Å². The number of ether oxygens (including phenoxy) is 1. The summed E-state index contributed by atoms with van der Waals surface area (Å²) in [5.74, 6) is 0.967. The van der Waals surface area contributed by atoms with Gasteiger partial charge < -0.3 is 14.6 Å². The number of aromatic nitrogens is 2. The van der Waals surface area contributed by atoms with E-state index in [0.29, 0.717) is 6.04 Å². The summed E-state index contributed by atoms with van der Waals surface area (Å²) < 4.78 is 7.45. The summed E-state index contributed by atoms with van der Waals surface area (Å²) in [6.45, 7) is 2.09. The van der Waals surface area contributed by atoms with Crippen molar-refractivity contribution in [1.29, 1.82) is 0 Å². The van der Waals surface area contributed by atoms with Gasteiger partial charge >= 0.3 is 0 Å². The molecule has 1 aliphatic carbocycles. The van der Waals surface area contributed by atoms with Crippen molar-refractivity contribution in [1.82, 2.24) is 14.9 Å². The number of hydrogen-bond donors (Lipinski definition) is 1. The lowest BCUT2D eigenvalue weighted by atomic mass is 9.88. The van der Waals surface area contributed by atoms with Crippen LogP contribution < -0.4 is 10.1 Å². The van der Waals surface area contributed by atoms with Crippen molar-refractivity contribution in [2.24, 2.45) is 0 Å². The minimum absolute atomic E-state index is 0.590. The highest BCUT2D eigenvalue weighted by molar-refractivity contribution is 5.37. The highest BCUT2D eigenvalue weighted by atomic mass is 16.5. The molecule has 0 radical (unpaired) electrons. The zero-order valence-corrected chi connectivity index (χ0v) is 12.6. The van der Waals surface area contributed by atoms with Crippen LogP contribution in [0.1, 0.15) is 24.0 Å². The fraction of sp³-hybridized carbons (Fsp3) is 0.471. The molecule has 1 aliphatic rings. The monoisotopic (exact) mass is 285 g/mol. The maximum Gasteiger partial charge on any atom is 0.119 e. The second kappa shape index (κ2) is 6.76. The van der Waals surface area contributed by atoms with Gasteiger partial charge in [-0.3, -0.25) is 0 Å². The number of benzene rings is 1. The van der Waals surface area contributed by atoms with Gasteiger partial charge in [0, 0.05) is 25.0 Å². The van der Waals surface area contributed by atoms with Crippen LogP contribution in [-0.4, -0.2) is 29.2 Å². The molecule has 0 saturated carbocycles. The number of nitrogens with one attached hydrogen (secondary N) is 1. The molecule has 1 heterocycles. The van der Waals surface area contributed by atoms with Crippen LogP contribution in [0, 0.1) is 0 Å². The normalized spacial score (nSPS) is 17.5. The fourth-order valence-electron chi connectivity index (χ4n) is 3.02. The Morgan fingerprint density at radius 2 is 2.33 bits per heavy atom. The van der Waals surface area contributed by atoms with Crippen molar-refractivity contribution in [2.45, 2.75) is 38.3 Å². The first-order chi connectivity index (χ1) is 10.3. The Hall–Kier alpha value is -1.81. The number of methoxy groups -OCH3 is 1. The SMILES string of the molecule is COc1ccc2c(c1)CC(NCCCn1ccnc1)CC2. The number of aryl methyl sites for hydroxylation is 2. The molecule has 4 nitrogen and oxygen atoms in total. The Morgan fingerprint density at radius 3 is 3.14 bits per heavy atom. The summed E-state index contributed by atoms with van der Waals surface area (Å²) in [6, 6.07) is 7.06.